The van der Waals surface area contributed by atoms with Gasteiger partial charge in [0.05, 0.1) is 0 Å². The molecular formula is C12H14BrNSe. The molecule has 80 valence electrons. The van der Waals surface area contributed by atoms with Gasteiger partial charge in [0.25, 0.3) is 0 Å². The summed E-state index contributed by atoms with van der Waals surface area (Å²) in [6.45, 7) is 6.62. The first-order valence-electron chi connectivity index (χ1n) is 5.19. The Morgan fingerprint density at radius 3 is 2.47 bits per heavy atom. The van der Waals surface area contributed by atoms with Crippen molar-refractivity contribution in [3.05, 3.63) is 28.7 Å². The summed E-state index contributed by atoms with van der Waals surface area (Å²) in [5.41, 5.74) is 0. The molecule has 0 bridgehead atoms. The van der Waals surface area contributed by atoms with Crippen molar-refractivity contribution in [2.45, 2.75) is 13.8 Å². The Balaban J connectivity index is 2.57. The molecule has 0 aliphatic rings. The third-order valence-electron chi connectivity index (χ3n) is 2.57. The average Bonchev–Trinajstić information content (AvgIpc) is 2.60. The Morgan fingerprint density at radius 1 is 1.20 bits per heavy atom. The van der Waals surface area contributed by atoms with Crippen LogP contribution in [0, 0.1) is 0 Å². The summed E-state index contributed by atoms with van der Waals surface area (Å²) >= 11 is 4.21. The standard InChI is InChI=1S/C12H14BrNSe/c1-3-14(4-2)12-11(13)9-7-5-6-8-10(9)15-12/h5-8H,3-4H2,1-2H3. The normalized spacial score (nSPS) is 10.9. The monoisotopic (exact) mass is 331 g/mol. The van der Waals surface area contributed by atoms with Gasteiger partial charge in [-0.15, -0.1) is 0 Å². The fourth-order valence-electron chi connectivity index (χ4n) is 1.72. The molecule has 0 fully saturated rings. The Bertz CT molecular complexity index is 460. The maximum absolute atomic E-state index is 3.74. The van der Waals surface area contributed by atoms with Crippen LogP contribution in [0.3, 0.4) is 0 Å². The first kappa shape index (κ1) is 11.3. The van der Waals surface area contributed by atoms with Crippen LogP contribution in [0.1, 0.15) is 13.8 Å². The van der Waals surface area contributed by atoms with Crippen LogP contribution < -0.4 is 4.90 Å². The average molecular weight is 331 g/mol. The second-order valence-corrected chi connectivity index (χ2v) is 6.35. The second kappa shape index (κ2) is 4.73. The van der Waals surface area contributed by atoms with Gasteiger partial charge in [-0.05, 0) is 0 Å². The van der Waals surface area contributed by atoms with Crippen molar-refractivity contribution in [2.75, 3.05) is 18.0 Å². The molecule has 0 saturated carbocycles. The fraction of sp³-hybridized carbons (Fsp3) is 0.333. The molecular weight excluding hydrogens is 317 g/mol. The van der Waals surface area contributed by atoms with Crippen molar-refractivity contribution in [3.8, 4) is 0 Å². The minimum absolute atomic E-state index is 0.474. The fourth-order valence-corrected chi connectivity index (χ4v) is 5.59. The number of benzene rings is 1. The molecule has 0 N–H and O–H groups in total. The van der Waals surface area contributed by atoms with Crippen molar-refractivity contribution < 1.29 is 0 Å². The van der Waals surface area contributed by atoms with Crippen molar-refractivity contribution in [2.24, 2.45) is 0 Å². The summed E-state index contributed by atoms with van der Waals surface area (Å²) in [5.74, 6) is 0. The van der Waals surface area contributed by atoms with E-state index in [1.165, 1.54) is 18.7 Å². The number of hydrogen-bond acceptors (Lipinski definition) is 1. The third kappa shape index (κ3) is 2.01. The Hall–Kier alpha value is -0.241. The predicted octanol–water partition coefficient (Wildman–Crippen LogP) is 3.51. The van der Waals surface area contributed by atoms with E-state index in [2.05, 4.69) is 58.9 Å². The molecule has 0 atom stereocenters. The topological polar surface area (TPSA) is 3.24 Å². The second-order valence-electron chi connectivity index (χ2n) is 3.39. The molecule has 0 spiro atoms. The summed E-state index contributed by atoms with van der Waals surface area (Å²) < 4.78 is 4.30. The van der Waals surface area contributed by atoms with E-state index in [-0.39, 0.29) is 0 Å². The molecule has 0 amide bonds. The van der Waals surface area contributed by atoms with Gasteiger partial charge in [-0.2, -0.15) is 0 Å². The van der Waals surface area contributed by atoms with Gasteiger partial charge >= 0.3 is 105 Å². The molecule has 15 heavy (non-hydrogen) atoms. The summed E-state index contributed by atoms with van der Waals surface area (Å²) in [6.07, 6.45) is 0. The summed E-state index contributed by atoms with van der Waals surface area (Å²) in [5, 5.41) is 1.39. The van der Waals surface area contributed by atoms with E-state index < -0.39 is 0 Å². The molecule has 0 radical (unpaired) electrons. The zero-order valence-electron chi connectivity index (χ0n) is 8.96. The van der Waals surface area contributed by atoms with Crippen LogP contribution in [0.15, 0.2) is 28.7 Å². The summed E-state index contributed by atoms with van der Waals surface area (Å²) in [6, 6.07) is 8.69. The SMILES string of the molecule is CCN(CC)c1[se]c2ccccc2c1Br. The van der Waals surface area contributed by atoms with Crippen LogP contribution in [-0.2, 0) is 0 Å². The van der Waals surface area contributed by atoms with Gasteiger partial charge in [-0.3, -0.25) is 0 Å². The first-order chi connectivity index (χ1) is 7.27. The van der Waals surface area contributed by atoms with Crippen molar-refractivity contribution in [1.29, 1.82) is 0 Å². The molecule has 3 heteroatoms. The number of nitrogens with zero attached hydrogens (tertiary/aromatic N) is 1. The van der Waals surface area contributed by atoms with E-state index >= 15 is 0 Å². The van der Waals surface area contributed by atoms with E-state index in [0.29, 0.717) is 14.5 Å². The van der Waals surface area contributed by atoms with Crippen molar-refractivity contribution >= 4 is 44.6 Å². The molecule has 1 heterocycles. The maximum atomic E-state index is 3.74. The van der Waals surface area contributed by atoms with Crippen LogP contribution >= 0.6 is 15.9 Å². The first-order valence-corrected chi connectivity index (χ1v) is 7.70. The number of rotatable bonds is 3. The van der Waals surface area contributed by atoms with E-state index in [1.807, 2.05) is 0 Å². The van der Waals surface area contributed by atoms with Gasteiger partial charge < -0.3 is 0 Å². The van der Waals surface area contributed by atoms with E-state index in [4.69, 9.17) is 0 Å². The van der Waals surface area contributed by atoms with Gasteiger partial charge in [-0.25, -0.2) is 0 Å². The molecule has 2 aromatic rings. The molecule has 0 saturated heterocycles. The van der Waals surface area contributed by atoms with Gasteiger partial charge in [0, 0.05) is 0 Å². The van der Waals surface area contributed by atoms with Gasteiger partial charge in [0.15, 0.2) is 0 Å². The van der Waals surface area contributed by atoms with E-state index in [1.54, 1.807) is 0 Å². The Labute approximate surface area is 105 Å². The van der Waals surface area contributed by atoms with Crippen LogP contribution in [0.25, 0.3) is 9.65 Å². The number of halogens is 1. The Morgan fingerprint density at radius 2 is 1.87 bits per heavy atom. The van der Waals surface area contributed by atoms with Crippen LogP contribution in [0.2, 0.25) is 0 Å². The van der Waals surface area contributed by atoms with Crippen LogP contribution in [-0.4, -0.2) is 27.6 Å². The Kier molecular flexibility index (Phi) is 3.55. The number of anilines is 1. The number of fused-ring (bicyclic) bond motifs is 1. The molecule has 1 aromatic heterocycles. The molecule has 0 aliphatic heterocycles. The molecule has 1 aromatic carbocycles. The van der Waals surface area contributed by atoms with Crippen LogP contribution in [0.5, 0.6) is 0 Å². The van der Waals surface area contributed by atoms with Crippen molar-refractivity contribution in [1.82, 2.24) is 0 Å². The van der Waals surface area contributed by atoms with Crippen LogP contribution in [0.4, 0.5) is 4.56 Å². The van der Waals surface area contributed by atoms with Crippen molar-refractivity contribution in [3.63, 3.8) is 0 Å². The van der Waals surface area contributed by atoms with Gasteiger partial charge in [0.1, 0.15) is 0 Å². The predicted molar refractivity (Wildman–Crippen MR) is 72.1 cm³/mol. The third-order valence-corrected chi connectivity index (χ3v) is 6.55. The quantitative estimate of drug-likeness (QED) is 0.778. The van der Waals surface area contributed by atoms with E-state index in [0.717, 1.165) is 13.1 Å². The number of hydrogen-bond donors (Lipinski definition) is 0. The summed E-state index contributed by atoms with van der Waals surface area (Å²) in [4.78, 5) is 2.45. The van der Waals surface area contributed by atoms with E-state index in [9.17, 15) is 0 Å². The molecule has 0 unspecified atom stereocenters. The van der Waals surface area contributed by atoms with Gasteiger partial charge in [-0.1, -0.05) is 0 Å². The zero-order chi connectivity index (χ0) is 10.8. The molecule has 0 aliphatic carbocycles. The van der Waals surface area contributed by atoms with Gasteiger partial charge in [0.2, 0.25) is 0 Å². The summed E-state index contributed by atoms with van der Waals surface area (Å²) in [7, 11) is 0. The zero-order valence-corrected chi connectivity index (χ0v) is 12.3. The molecule has 1 nitrogen and oxygen atoms in total. The molecule has 2 rings (SSSR count). The minimum atomic E-state index is 0.474.